The summed E-state index contributed by atoms with van der Waals surface area (Å²) in [4.78, 5) is 10.2. The highest BCUT2D eigenvalue weighted by Crippen LogP contribution is 2.09. The molecular formula is C5H11B23NO2. The van der Waals surface area contributed by atoms with E-state index in [1.54, 1.807) is 7.11 Å². The van der Waals surface area contributed by atoms with E-state index in [1.165, 1.54) is 14.0 Å². The number of rotatable bonds is 13. The molecule has 0 aromatic heterocycles. The van der Waals surface area contributed by atoms with Gasteiger partial charge in [0.05, 0.1) is 6.61 Å². The lowest BCUT2D eigenvalue weighted by molar-refractivity contribution is -0.119. The van der Waals surface area contributed by atoms with E-state index in [0.29, 0.717) is 13.2 Å². The topological polar surface area (TPSA) is 38.3 Å². The molecule has 0 aliphatic carbocycles. The number of amides is 1. The predicted molar refractivity (Wildman–Crippen MR) is 163 cm³/mol. The highest BCUT2D eigenvalue weighted by molar-refractivity contribution is 8.22. The minimum Gasteiger partial charge on any atom is -0.383 e. The van der Waals surface area contributed by atoms with Gasteiger partial charge in [-0.3, -0.25) is 4.79 Å². The lowest BCUT2D eigenvalue weighted by atomic mass is 8.36. The van der Waals surface area contributed by atoms with Gasteiger partial charge in [-0.15, -0.1) is 0 Å². The minimum absolute atomic E-state index is 0.0120. The summed E-state index contributed by atoms with van der Waals surface area (Å²) in [6.07, 6.45) is -8.03. The van der Waals surface area contributed by atoms with Crippen molar-refractivity contribution < 1.29 is 9.53 Å². The van der Waals surface area contributed by atoms with E-state index in [9.17, 15) is 4.79 Å². The zero-order valence-corrected chi connectivity index (χ0v) is 18.5. The third kappa shape index (κ3) is 13.4. The molecule has 0 unspecified atom stereocenters. The number of methoxy groups -OCH3 is 1. The molecule has 26 heteroatoms. The lowest BCUT2D eigenvalue weighted by Gasteiger charge is -2.45. The van der Waals surface area contributed by atoms with Gasteiger partial charge in [-0.2, -0.15) is 0 Å². The SMILES string of the molecule is COCCNC(C)=O.[B][B]B([B])B(B([B])[B])B(B(B([B])[B])B([B])[B])B(B([B])[B])B([B])[B]. The average molecular weight is 366 g/mol. The molecule has 0 rings (SSSR count). The Morgan fingerprint density at radius 3 is 1.32 bits per heavy atom. The van der Waals surface area contributed by atoms with Gasteiger partial charge >= 0.3 is 0 Å². The average Bonchev–Trinajstić information content (AvgIpc) is 2.60. The number of nitrogens with one attached hydrogen (secondary N) is 1. The fraction of sp³-hybridized carbons (Fsp3) is 0.800. The van der Waals surface area contributed by atoms with E-state index in [0.717, 1.165) is 0 Å². The van der Waals surface area contributed by atoms with Gasteiger partial charge in [0.15, 0.2) is 0 Å². The predicted octanol–water partition coefficient (Wildman–Crippen LogP) is -8.99. The Morgan fingerprint density at radius 1 is 0.742 bits per heavy atom. The second kappa shape index (κ2) is 18.3. The Bertz CT molecular complexity index is 425. The fourth-order valence-corrected chi connectivity index (χ4v) is 3.54. The minimum atomic E-state index is -0.925. The molecule has 117 valence electrons. The molecule has 0 fully saturated rings. The molecule has 0 heterocycles. The van der Waals surface area contributed by atoms with Gasteiger partial charge < -0.3 is 10.1 Å². The Kier molecular flexibility index (Phi) is 20.1. The third-order valence-electron chi connectivity index (χ3n) is 4.90. The van der Waals surface area contributed by atoms with Gasteiger partial charge in [-0.1, -0.05) is 0 Å². The Balaban J connectivity index is 0. The number of hydrogen-bond acceptors (Lipinski definition) is 2. The lowest BCUT2D eigenvalue weighted by Crippen LogP contribution is -2.83. The third-order valence-corrected chi connectivity index (χ3v) is 4.90. The summed E-state index contributed by atoms with van der Waals surface area (Å²) < 4.78 is 4.68. The number of carbonyl (C=O) groups excluding carboxylic acids is 1. The van der Waals surface area contributed by atoms with Crippen molar-refractivity contribution in [1.29, 1.82) is 0 Å². The van der Waals surface area contributed by atoms with E-state index < -0.39 is 63.9 Å². The van der Waals surface area contributed by atoms with E-state index in [1.807, 2.05) is 0 Å². The zero-order valence-electron chi connectivity index (χ0n) is 18.5. The molecule has 0 bridgehead atoms. The number of carbonyl (C=O) groups is 1. The standard InChI is InChI=1S/C5H11NO2.B23/c1-5(7)6-3-4-8-2;1-13-19(12)22(18(10)11)23(20(14(2)3)15(4)5)21(16(6)7)17(8)9/h3-4H2,1-2H3,(H,6,7);. The highest BCUT2D eigenvalue weighted by atomic mass is 16.5. The summed E-state index contributed by atoms with van der Waals surface area (Å²) in [7, 11) is 73.0. The van der Waals surface area contributed by atoms with E-state index in [-0.39, 0.29) is 5.91 Å². The molecule has 31 heavy (non-hydrogen) atoms. The van der Waals surface area contributed by atoms with Gasteiger partial charge in [-0.05, 0) is 0 Å². The van der Waals surface area contributed by atoms with Crippen molar-refractivity contribution in [3.05, 3.63) is 0 Å². The van der Waals surface area contributed by atoms with Gasteiger partial charge in [0.2, 0.25) is 5.91 Å². The fourth-order valence-electron chi connectivity index (χ4n) is 3.54. The van der Waals surface area contributed by atoms with Crippen LogP contribution in [0.25, 0.3) is 0 Å². The summed E-state index contributed by atoms with van der Waals surface area (Å²) in [5, 5.41) is 2.58. The second-order valence-corrected chi connectivity index (χ2v) is 7.44. The van der Waals surface area contributed by atoms with Gasteiger partial charge in [0.1, 0.15) is 0 Å². The quantitative estimate of drug-likeness (QED) is 0.260. The summed E-state index contributed by atoms with van der Waals surface area (Å²) in [5.74, 6) is -0.0120. The monoisotopic (exact) mass is 370 g/mol. The Morgan fingerprint density at radius 2 is 1.10 bits per heavy atom. The second-order valence-electron chi connectivity index (χ2n) is 7.44. The molecule has 0 aromatic rings. The van der Waals surface area contributed by atoms with Crippen LogP contribution in [-0.4, -0.2) is 190 Å². The van der Waals surface area contributed by atoms with Crippen LogP contribution in [0.15, 0.2) is 0 Å². The largest absolute Gasteiger partial charge is 0.383 e. The Hall–Kier alpha value is 0.924. The van der Waals surface area contributed by atoms with Crippen LogP contribution in [0.1, 0.15) is 6.92 Å². The van der Waals surface area contributed by atoms with Gasteiger partial charge in [-0.25, -0.2) is 0 Å². The summed E-state index contributed by atoms with van der Waals surface area (Å²) in [6.45, 7) is 2.67. The first kappa shape index (κ1) is 34.1. The maximum absolute atomic E-state index is 10.2. The zero-order chi connectivity index (χ0) is 24.9. The molecule has 1 amide bonds. The van der Waals surface area contributed by atoms with Crippen molar-refractivity contribution in [2.24, 2.45) is 0 Å². The normalized spacial score (nSPS) is 9.10. The first-order valence-corrected chi connectivity index (χ1v) is 9.84. The van der Waals surface area contributed by atoms with Crippen molar-refractivity contribution in [1.82, 2.24) is 5.32 Å². The highest BCUT2D eigenvalue weighted by Gasteiger charge is 2.47. The van der Waals surface area contributed by atoms with Crippen molar-refractivity contribution in [2.45, 2.75) is 6.92 Å². The van der Waals surface area contributed by atoms with Gasteiger partial charge in [0, 0.05) is 184 Å². The summed E-state index contributed by atoms with van der Waals surface area (Å²) in [6, 6.07) is 0. The molecule has 0 aromatic carbocycles. The molecule has 3 nitrogen and oxygen atoms in total. The van der Waals surface area contributed by atoms with Crippen molar-refractivity contribution >= 4 is 170 Å². The molecule has 1 N–H and O–H groups in total. The first-order chi connectivity index (χ1) is 14.2. The van der Waals surface area contributed by atoms with Crippen LogP contribution in [0, 0.1) is 0 Å². The Labute approximate surface area is 211 Å². The molecule has 0 spiro atoms. The molecule has 25 radical (unpaired) electrons. The number of ether oxygens (including phenoxy) is 1. The van der Waals surface area contributed by atoms with Crippen LogP contribution in [0.4, 0.5) is 0 Å². The number of hydrogen-bond donors (Lipinski definition) is 1. The van der Waals surface area contributed by atoms with E-state index in [2.05, 4.69) is 10.1 Å². The van der Waals surface area contributed by atoms with Crippen molar-refractivity contribution in [3.63, 3.8) is 0 Å². The van der Waals surface area contributed by atoms with Crippen LogP contribution < -0.4 is 5.32 Å². The summed E-state index contributed by atoms with van der Waals surface area (Å²) in [5.41, 5.74) is 0. The van der Waals surface area contributed by atoms with Crippen LogP contribution in [0.5, 0.6) is 0 Å². The van der Waals surface area contributed by atoms with Crippen LogP contribution in [-0.2, 0) is 9.53 Å². The van der Waals surface area contributed by atoms with Crippen LogP contribution >= 0.6 is 0 Å². The van der Waals surface area contributed by atoms with Crippen molar-refractivity contribution in [3.8, 4) is 0 Å². The maximum Gasteiger partial charge on any atom is 0.216 e. The maximum atomic E-state index is 10.2. The molecular weight excluding hydrogens is 355 g/mol. The van der Waals surface area contributed by atoms with Crippen LogP contribution in [0.2, 0.25) is 0 Å². The molecule has 0 aliphatic heterocycles. The molecule has 0 saturated carbocycles. The van der Waals surface area contributed by atoms with E-state index in [4.69, 9.17) is 92.8 Å². The first-order valence-electron chi connectivity index (χ1n) is 9.84. The smallest absolute Gasteiger partial charge is 0.216 e. The van der Waals surface area contributed by atoms with Crippen molar-refractivity contribution in [2.75, 3.05) is 20.3 Å². The van der Waals surface area contributed by atoms with Crippen LogP contribution in [0.3, 0.4) is 0 Å². The molecule has 0 atom stereocenters. The van der Waals surface area contributed by atoms with Gasteiger partial charge in [0.25, 0.3) is 0 Å². The molecule has 0 aliphatic rings. The van der Waals surface area contributed by atoms with E-state index >= 15 is 0 Å². The summed E-state index contributed by atoms with van der Waals surface area (Å²) >= 11 is 0. The molecule has 0 saturated heterocycles.